The normalized spacial score (nSPS) is 36.3. The zero-order valence-electron chi connectivity index (χ0n) is 13.7. The molecule has 0 saturated heterocycles. The minimum Gasteiger partial charge on any atom is -0.390 e. The molecule has 2 atom stereocenters. The fourth-order valence-corrected chi connectivity index (χ4v) is 5.56. The van der Waals surface area contributed by atoms with E-state index in [1.807, 2.05) is 0 Å². The number of anilines is 1. The molecular weight excluding hydrogens is 302 g/mol. The van der Waals surface area contributed by atoms with Crippen molar-refractivity contribution in [1.82, 2.24) is 5.32 Å². The van der Waals surface area contributed by atoms with E-state index in [2.05, 4.69) is 16.7 Å². The number of carbonyl (C=O) groups is 1. The first-order valence-corrected chi connectivity index (χ1v) is 8.75. The molecule has 126 valence electrons. The zero-order chi connectivity index (χ0) is 16.8. The molecule has 1 aromatic carbocycles. The number of hydrogen-bond acceptors (Lipinski definition) is 4. The molecule has 24 heavy (non-hydrogen) atoms. The Labute approximate surface area is 142 Å². The number of aliphatic hydroxyl groups is 1. The summed E-state index contributed by atoms with van der Waals surface area (Å²) < 4.78 is 0. The maximum Gasteiger partial charge on any atom is 0.238 e. The van der Waals surface area contributed by atoms with Crippen LogP contribution in [-0.4, -0.2) is 28.7 Å². The molecule has 1 amide bonds. The van der Waals surface area contributed by atoms with Crippen LogP contribution in [0.4, 0.5) is 5.69 Å². The van der Waals surface area contributed by atoms with E-state index < -0.39 is 5.60 Å². The Kier molecular flexibility index (Phi) is 3.63. The van der Waals surface area contributed by atoms with Crippen LogP contribution in [0.5, 0.6) is 0 Å². The van der Waals surface area contributed by atoms with Crippen LogP contribution < -0.4 is 10.6 Å². The highest BCUT2D eigenvalue weighted by atomic mass is 16.3. The maximum absolute atomic E-state index is 12.3. The van der Waals surface area contributed by atoms with Crippen LogP contribution in [0.1, 0.15) is 44.1 Å². The molecule has 3 N–H and O–H groups in total. The molecule has 4 fully saturated rings. The van der Waals surface area contributed by atoms with Crippen molar-refractivity contribution in [1.29, 1.82) is 5.26 Å². The van der Waals surface area contributed by atoms with E-state index in [-0.39, 0.29) is 18.0 Å². The molecule has 4 bridgehead atoms. The van der Waals surface area contributed by atoms with E-state index in [4.69, 9.17) is 5.26 Å². The highest BCUT2D eigenvalue weighted by Crippen LogP contribution is 2.57. The van der Waals surface area contributed by atoms with E-state index in [1.54, 1.807) is 24.3 Å². The van der Waals surface area contributed by atoms with Crippen molar-refractivity contribution in [2.24, 2.45) is 11.8 Å². The van der Waals surface area contributed by atoms with Crippen LogP contribution in [0.15, 0.2) is 24.3 Å². The van der Waals surface area contributed by atoms with Gasteiger partial charge in [0.15, 0.2) is 0 Å². The van der Waals surface area contributed by atoms with Crippen LogP contribution in [0.25, 0.3) is 0 Å². The van der Waals surface area contributed by atoms with Crippen LogP contribution in [0.2, 0.25) is 0 Å². The van der Waals surface area contributed by atoms with Gasteiger partial charge in [0.1, 0.15) is 0 Å². The molecule has 4 aliphatic rings. The Hall–Kier alpha value is -1.90. The number of nitrogens with one attached hydrogen (secondary N) is 2. The van der Waals surface area contributed by atoms with E-state index in [0.29, 0.717) is 23.1 Å². The monoisotopic (exact) mass is 325 g/mol. The van der Waals surface area contributed by atoms with Gasteiger partial charge >= 0.3 is 0 Å². The van der Waals surface area contributed by atoms with Gasteiger partial charge in [-0.15, -0.1) is 0 Å². The molecule has 1 aromatic rings. The summed E-state index contributed by atoms with van der Waals surface area (Å²) in [4.78, 5) is 12.3. The lowest BCUT2D eigenvalue weighted by atomic mass is 9.51. The average Bonchev–Trinajstić information content (AvgIpc) is 2.51. The van der Waals surface area contributed by atoms with Gasteiger partial charge in [0, 0.05) is 11.2 Å². The lowest BCUT2D eigenvalue weighted by molar-refractivity contribution is -0.144. The quantitative estimate of drug-likeness (QED) is 0.792. The largest absolute Gasteiger partial charge is 0.390 e. The summed E-state index contributed by atoms with van der Waals surface area (Å²) in [5.41, 5.74) is 0.577. The van der Waals surface area contributed by atoms with Crippen molar-refractivity contribution in [3.05, 3.63) is 29.8 Å². The van der Waals surface area contributed by atoms with Crippen LogP contribution in [0.3, 0.4) is 0 Å². The molecular formula is C19H23N3O2. The van der Waals surface area contributed by atoms with Gasteiger partial charge in [-0.05, 0) is 68.6 Å². The number of rotatable bonds is 4. The van der Waals surface area contributed by atoms with E-state index >= 15 is 0 Å². The number of nitrogens with zero attached hydrogens (tertiary/aromatic N) is 1. The molecule has 4 saturated carbocycles. The second-order valence-corrected chi connectivity index (χ2v) is 8.06. The maximum atomic E-state index is 12.3. The van der Waals surface area contributed by atoms with Gasteiger partial charge in [-0.2, -0.15) is 5.26 Å². The molecule has 5 rings (SSSR count). The lowest BCUT2D eigenvalue weighted by Gasteiger charge is -2.60. The molecule has 0 radical (unpaired) electrons. The van der Waals surface area contributed by atoms with Crippen LogP contribution in [0, 0.1) is 23.2 Å². The Morgan fingerprint density at radius 2 is 2.04 bits per heavy atom. The van der Waals surface area contributed by atoms with Crippen LogP contribution >= 0.6 is 0 Å². The second-order valence-electron chi connectivity index (χ2n) is 8.06. The van der Waals surface area contributed by atoms with Crippen molar-refractivity contribution in [2.75, 3.05) is 11.9 Å². The van der Waals surface area contributed by atoms with E-state index in [9.17, 15) is 9.90 Å². The number of amides is 1. The molecule has 0 spiro atoms. The minimum absolute atomic E-state index is 0.0787. The number of nitriles is 1. The van der Waals surface area contributed by atoms with Gasteiger partial charge in [0.25, 0.3) is 0 Å². The third kappa shape index (κ3) is 2.92. The third-order valence-electron chi connectivity index (χ3n) is 5.93. The molecule has 0 heterocycles. The number of hydrogen-bond donors (Lipinski definition) is 3. The molecule has 5 heteroatoms. The van der Waals surface area contributed by atoms with E-state index in [1.165, 1.54) is 6.42 Å². The van der Waals surface area contributed by atoms with Gasteiger partial charge in [-0.25, -0.2) is 0 Å². The summed E-state index contributed by atoms with van der Waals surface area (Å²) in [7, 11) is 0. The lowest BCUT2D eigenvalue weighted by Crippen LogP contribution is -2.65. The predicted molar refractivity (Wildman–Crippen MR) is 90.2 cm³/mol. The Morgan fingerprint density at radius 3 is 2.71 bits per heavy atom. The topological polar surface area (TPSA) is 85.2 Å². The van der Waals surface area contributed by atoms with Gasteiger partial charge < -0.3 is 15.7 Å². The van der Waals surface area contributed by atoms with Crippen molar-refractivity contribution >= 4 is 11.6 Å². The average molecular weight is 325 g/mol. The first-order chi connectivity index (χ1) is 11.5. The first kappa shape index (κ1) is 15.6. The van der Waals surface area contributed by atoms with Crippen molar-refractivity contribution < 1.29 is 9.90 Å². The molecule has 2 unspecified atom stereocenters. The number of carbonyl (C=O) groups excluding carboxylic acids is 1. The number of benzene rings is 1. The van der Waals surface area contributed by atoms with Crippen molar-refractivity contribution in [3.63, 3.8) is 0 Å². The van der Waals surface area contributed by atoms with Crippen molar-refractivity contribution in [3.8, 4) is 6.07 Å². The summed E-state index contributed by atoms with van der Waals surface area (Å²) in [6, 6.07) is 9.00. The van der Waals surface area contributed by atoms with Gasteiger partial charge in [0.2, 0.25) is 5.91 Å². The molecule has 4 aliphatic carbocycles. The summed E-state index contributed by atoms with van der Waals surface area (Å²) in [6.07, 6.45) is 6.01. The summed E-state index contributed by atoms with van der Waals surface area (Å²) in [5.74, 6) is 1.09. The summed E-state index contributed by atoms with van der Waals surface area (Å²) in [6.45, 7) is 0.242. The van der Waals surface area contributed by atoms with Gasteiger partial charge in [-0.3, -0.25) is 4.79 Å². The Morgan fingerprint density at radius 1 is 1.29 bits per heavy atom. The van der Waals surface area contributed by atoms with Crippen molar-refractivity contribution in [2.45, 2.75) is 49.7 Å². The predicted octanol–water partition coefficient (Wildman–Crippen LogP) is 2.17. The minimum atomic E-state index is -0.519. The summed E-state index contributed by atoms with van der Waals surface area (Å²) >= 11 is 0. The summed E-state index contributed by atoms with van der Waals surface area (Å²) in [5, 5.41) is 26.0. The highest BCUT2D eigenvalue weighted by Gasteiger charge is 2.56. The standard InChI is InChI=1S/C19H23N3O2/c20-10-13-2-1-3-16(5-13)22-17(23)11-21-18-6-14-4-15(7-18)9-19(24,8-14)12-18/h1-3,5,14-15,21,24H,4,6-9,11-12H2,(H,22,23). The fourth-order valence-electron chi connectivity index (χ4n) is 5.56. The molecule has 5 nitrogen and oxygen atoms in total. The van der Waals surface area contributed by atoms with Crippen LogP contribution in [-0.2, 0) is 4.79 Å². The zero-order valence-corrected chi connectivity index (χ0v) is 13.7. The smallest absolute Gasteiger partial charge is 0.238 e. The molecule has 0 aliphatic heterocycles. The fraction of sp³-hybridized carbons (Fsp3) is 0.579. The Balaban J connectivity index is 1.38. The highest BCUT2D eigenvalue weighted by molar-refractivity contribution is 5.92. The SMILES string of the molecule is N#Cc1cccc(NC(=O)CNC23CC4CC(CC(O)(C4)C2)C3)c1. The van der Waals surface area contributed by atoms with Gasteiger partial charge in [-0.1, -0.05) is 6.07 Å². The third-order valence-corrected chi connectivity index (χ3v) is 5.93. The first-order valence-electron chi connectivity index (χ1n) is 8.75. The second kappa shape index (κ2) is 5.58. The van der Waals surface area contributed by atoms with E-state index in [0.717, 1.165) is 32.1 Å². The van der Waals surface area contributed by atoms with Gasteiger partial charge in [0.05, 0.1) is 23.8 Å². The Bertz CT molecular complexity index is 695. The molecule has 0 aromatic heterocycles.